The van der Waals surface area contributed by atoms with Crippen LogP contribution in [0.2, 0.25) is 0 Å². The molecular weight excluding hydrogens is 207 g/mol. The first-order valence-electron chi connectivity index (χ1n) is 5.52. The fourth-order valence-electron chi connectivity index (χ4n) is 0.945. The van der Waals surface area contributed by atoms with Crippen LogP contribution in [0.4, 0.5) is 4.39 Å². The van der Waals surface area contributed by atoms with E-state index in [4.69, 9.17) is 5.11 Å². The van der Waals surface area contributed by atoms with Crippen LogP contribution in [0.3, 0.4) is 0 Å². The van der Waals surface area contributed by atoms with Gasteiger partial charge in [0.2, 0.25) is 0 Å². The molecule has 0 heterocycles. The van der Waals surface area contributed by atoms with Gasteiger partial charge in [-0.1, -0.05) is 27.7 Å². The number of carboxylic acid groups (broad SMARTS) is 1. The summed E-state index contributed by atoms with van der Waals surface area (Å²) in [5, 5.41) is 8.54. The molecule has 1 aromatic carbocycles. The van der Waals surface area contributed by atoms with Gasteiger partial charge in [-0.15, -0.1) is 0 Å². The Hall–Kier alpha value is -1.38. The van der Waals surface area contributed by atoms with Crippen molar-refractivity contribution < 1.29 is 14.3 Å². The van der Waals surface area contributed by atoms with Crippen molar-refractivity contribution >= 4 is 5.97 Å². The molecule has 0 radical (unpaired) electrons. The fourth-order valence-corrected chi connectivity index (χ4v) is 0.945. The van der Waals surface area contributed by atoms with E-state index in [1.165, 1.54) is 12.1 Å². The molecule has 0 unspecified atom stereocenters. The van der Waals surface area contributed by atoms with Gasteiger partial charge in [-0.05, 0) is 37.1 Å². The van der Waals surface area contributed by atoms with Crippen molar-refractivity contribution in [1.82, 2.24) is 0 Å². The van der Waals surface area contributed by atoms with E-state index < -0.39 is 11.8 Å². The first kappa shape index (κ1) is 17.0. The summed E-state index contributed by atoms with van der Waals surface area (Å²) in [5.41, 5.74) is 1.28. The third-order valence-electron chi connectivity index (χ3n) is 1.81. The van der Waals surface area contributed by atoms with Gasteiger partial charge in [0.05, 0.1) is 5.56 Å². The maximum Gasteiger partial charge on any atom is 0.338 e. The second-order valence-electron chi connectivity index (χ2n) is 2.72. The number of hydrogen-bond donors (Lipinski definition) is 1. The average molecular weight is 228 g/mol. The SMILES string of the molecule is CC.CC.Cc1cc(F)c(C(=O)O)cc1C. The fraction of sp³-hybridized carbons (Fsp3) is 0.462. The van der Waals surface area contributed by atoms with Gasteiger partial charge in [-0.25, -0.2) is 9.18 Å². The topological polar surface area (TPSA) is 37.3 Å². The highest BCUT2D eigenvalue weighted by Crippen LogP contribution is 2.14. The van der Waals surface area contributed by atoms with Crippen molar-refractivity contribution in [1.29, 1.82) is 0 Å². The van der Waals surface area contributed by atoms with Crippen LogP contribution < -0.4 is 0 Å². The molecule has 0 atom stereocenters. The van der Waals surface area contributed by atoms with Gasteiger partial charge < -0.3 is 5.11 Å². The van der Waals surface area contributed by atoms with Crippen LogP contribution in [0.5, 0.6) is 0 Å². The van der Waals surface area contributed by atoms with E-state index in [0.29, 0.717) is 0 Å². The Kier molecular flexibility index (Phi) is 9.46. The minimum Gasteiger partial charge on any atom is -0.478 e. The van der Waals surface area contributed by atoms with Crippen LogP contribution in [0.1, 0.15) is 49.2 Å². The molecule has 0 aliphatic carbocycles. The highest BCUT2D eigenvalue weighted by molar-refractivity contribution is 5.88. The van der Waals surface area contributed by atoms with Crippen molar-refractivity contribution in [2.45, 2.75) is 41.5 Å². The molecule has 0 bridgehead atoms. The van der Waals surface area contributed by atoms with E-state index in [1.807, 2.05) is 27.7 Å². The van der Waals surface area contributed by atoms with Gasteiger partial charge in [0, 0.05) is 0 Å². The van der Waals surface area contributed by atoms with E-state index in [9.17, 15) is 9.18 Å². The molecule has 16 heavy (non-hydrogen) atoms. The molecule has 2 nitrogen and oxygen atoms in total. The molecule has 0 saturated carbocycles. The number of hydrogen-bond acceptors (Lipinski definition) is 1. The summed E-state index contributed by atoms with van der Waals surface area (Å²) in [5.74, 6) is -1.90. The maximum atomic E-state index is 12.9. The zero-order chi connectivity index (χ0) is 13.3. The van der Waals surface area contributed by atoms with E-state index >= 15 is 0 Å². The summed E-state index contributed by atoms with van der Waals surface area (Å²) in [4.78, 5) is 10.4. The lowest BCUT2D eigenvalue weighted by molar-refractivity contribution is 0.0692. The first-order chi connectivity index (χ1) is 7.52. The lowest BCUT2D eigenvalue weighted by atomic mass is 10.1. The predicted octanol–water partition coefficient (Wildman–Crippen LogP) is 4.19. The van der Waals surface area contributed by atoms with E-state index in [2.05, 4.69) is 0 Å². The molecule has 0 saturated heterocycles. The van der Waals surface area contributed by atoms with Crippen molar-refractivity contribution in [2.24, 2.45) is 0 Å². The molecule has 0 aromatic heterocycles. The van der Waals surface area contributed by atoms with E-state index in [-0.39, 0.29) is 5.56 Å². The molecule has 3 heteroatoms. The Balaban J connectivity index is 0. The van der Waals surface area contributed by atoms with Crippen molar-refractivity contribution in [3.8, 4) is 0 Å². The summed E-state index contributed by atoms with van der Waals surface area (Å²) in [6.07, 6.45) is 0. The van der Waals surface area contributed by atoms with Gasteiger partial charge in [0.15, 0.2) is 0 Å². The Labute approximate surface area is 97.1 Å². The highest BCUT2D eigenvalue weighted by Gasteiger charge is 2.10. The van der Waals surface area contributed by atoms with Crippen molar-refractivity contribution in [2.75, 3.05) is 0 Å². The van der Waals surface area contributed by atoms with Gasteiger partial charge in [0.25, 0.3) is 0 Å². The summed E-state index contributed by atoms with van der Waals surface area (Å²) in [6, 6.07) is 2.58. The summed E-state index contributed by atoms with van der Waals surface area (Å²) >= 11 is 0. The van der Waals surface area contributed by atoms with Crippen LogP contribution >= 0.6 is 0 Å². The quantitative estimate of drug-likeness (QED) is 0.782. The molecule has 92 valence electrons. The van der Waals surface area contributed by atoms with Gasteiger partial charge in [-0.2, -0.15) is 0 Å². The standard InChI is InChI=1S/C9H9FO2.2C2H6/c1-5-3-7(9(11)12)8(10)4-6(5)2;2*1-2/h3-4H,1-2H3,(H,11,12);2*1-2H3. The van der Waals surface area contributed by atoms with Crippen LogP contribution in [0.25, 0.3) is 0 Å². The lowest BCUT2D eigenvalue weighted by Crippen LogP contribution is -2.01. The molecule has 1 N–H and O–H groups in total. The molecule has 0 aliphatic heterocycles. The predicted molar refractivity (Wildman–Crippen MR) is 65.5 cm³/mol. The maximum absolute atomic E-state index is 12.9. The van der Waals surface area contributed by atoms with Crippen LogP contribution in [-0.4, -0.2) is 11.1 Å². The second kappa shape index (κ2) is 8.89. The van der Waals surface area contributed by atoms with Crippen LogP contribution in [-0.2, 0) is 0 Å². The average Bonchev–Trinajstić information content (AvgIpc) is 2.28. The second-order valence-corrected chi connectivity index (χ2v) is 2.72. The highest BCUT2D eigenvalue weighted by atomic mass is 19.1. The number of carboxylic acids is 1. The number of carbonyl (C=O) groups is 1. The minimum absolute atomic E-state index is 0.266. The minimum atomic E-state index is -1.23. The number of aromatic carboxylic acids is 1. The van der Waals surface area contributed by atoms with Gasteiger partial charge in [0.1, 0.15) is 5.82 Å². The van der Waals surface area contributed by atoms with Gasteiger partial charge in [-0.3, -0.25) is 0 Å². The molecule has 0 amide bonds. The molecule has 1 aromatic rings. The number of halogens is 1. The first-order valence-corrected chi connectivity index (χ1v) is 5.52. The third kappa shape index (κ3) is 4.91. The van der Waals surface area contributed by atoms with Crippen LogP contribution in [0.15, 0.2) is 12.1 Å². The summed E-state index contributed by atoms with van der Waals surface area (Å²) in [6.45, 7) is 11.5. The number of aryl methyl sites for hydroxylation is 2. The van der Waals surface area contributed by atoms with E-state index in [0.717, 1.165) is 11.1 Å². The lowest BCUT2D eigenvalue weighted by Gasteiger charge is -2.02. The monoisotopic (exact) mass is 228 g/mol. The number of benzene rings is 1. The Morgan fingerprint density at radius 2 is 1.44 bits per heavy atom. The Morgan fingerprint density at radius 1 is 1.06 bits per heavy atom. The molecule has 1 rings (SSSR count). The van der Waals surface area contributed by atoms with E-state index in [1.54, 1.807) is 13.8 Å². The van der Waals surface area contributed by atoms with Crippen molar-refractivity contribution in [3.63, 3.8) is 0 Å². The smallest absolute Gasteiger partial charge is 0.338 e. The Morgan fingerprint density at radius 3 is 1.81 bits per heavy atom. The van der Waals surface area contributed by atoms with Gasteiger partial charge >= 0.3 is 5.97 Å². The van der Waals surface area contributed by atoms with Crippen LogP contribution in [0, 0.1) is 19.7 Å². The van der Waals surface area contributed by atoms with Crippen molar-refractivity contribution in [3.05, 3.63) is 34.6 Å². The number of rotatable bonds is 1. The Bertz CT molecular complexity index is 333. The molecule has 0 fully saturated rings. The third-order valence-corrected chi connectivity index (χ3v) is 1.81. The summed E-state index contributed by atoms with van der Waals surface area (Å²) < 4.78 is 12.9. The molecule has 0 aliphatic rings. The zero-order valence-electron chi connectivity index (χ0n) is 10.9. The normalized spacial score (nSPS) is 8.19. The largest absolute Gasteiger partial charge is 0.478 e. The zero-order valence-corrected chi connectivity index (χ0v) is 10.9. The molecular formula is C13H21FO2. The summed E-state index contributed by atoms with van der Waals surface area (Å²) in [7, 11) is 0. The molecule has 0 spiro atoms.